The second-order valence-corrected chi connectivity index (χ2v) is 7.09. The molecule has 1 amide bonds. The van der Waals surface area contributed by atoms with E-state index >= 15 is 0 Å². The minimum atomic E-state index is -0.0176. The van der Waals surface area contributed by atoms with Crippen LogP contribution in [-0.2, 0) is 0 Å². The van der Waals surface area contributed by atoms with Gasteiger partial charge in [-0.05, 0) is 48.6 Å². The molecule has 0 bridgehead atoms. The molecule has 0 saturated heterocycles. The summed E-state index contributed by atoms with van der Waals surface area (Å²) >= 11 is 0. The molecule has 1 aliphatic carbocycles. The molecule has 1 aliphatic heterocycles. The first-order chi connectivity index (χ1) is 12.7. The van der Waals surface area contributed by atoms with E-state index in [0.29, 0.717) is 23.8 Å². The minimum absolute atomic E-state index is 0.0176. The van der Waals surface area contributed by atoms with E-state index in [-0.39, 0.29) is 17.9 Å². The number of hydrogen-bond acceptors (Lipinski definition) is 3. The average Bonchev–Trinajstić information content (AvgIpc) is 3.16. The van der Waals surface area contributed by atoms with Crippen LogP contribution >= 0.6 is 0 Å². The first kappa shape index (κ1) is 16.7. The van der Waals surface area contributed by atoms with Crippen molar-refractivity contribution < 1.29 is 9.90 Å². The predicted molar refractivity (Wildman–Crippen MR) is 104 cm³/mol. The number of nitrogens with one attached hydrogen (secondary N) is 2. The van der Waals surface area contributed by atoms with Gasteiger partial charge in [-0.1, -0.05) is 37.3 Å². The van der Waals surface area contributed by atoms with Crippen molar-refractivity contribution in [2.75, 3.05) is 11.9 Å². The summed E-state index contributed by atoms with van der Waals surface area (Å²) in [5.41, 5.74) is 3.85. The molecule has 1 heterocycles. The minimum Gasteiger partial charge on any atom is -0.508 e. The first-order valence-electron chi connectivity index (χ1n) is 9.32. The van der Waals surface area contributed by atoms with Crippen molar-refractivity contribution in [3.63, 3.8) is 0 Å². The Morgan fingerprint density at radius 1 is 1.23 bits per heavy atom. The van der Waals surface area contributed by atoms with Crippen molar-refractivity contribution in [2.24, 2.45) is 5.92 Å². The molecule has 3 atom stereocenters. The lowest BCUT2D eigenvalue weighted by atomic mass is 9.76. The van der Waals surface area contributed by atoms with E-state index in [1.54, 1.807) is 6.07 Å². The van der Waals surface area contributed by atoms with E-state index < -0.39 is 0 Å². The van der Waals surface area contributed by atoms with Crippen molar-refractivity contribution in [3.05, 3.63) is 71.3 Å². The fourth-order valence-corrected chi connectivity index (χ4v) is 4.13. The van der Waals surface area contributed by atoms with Gasteiger partial charge in [0.1, 0.15) is 5.75 Å². The molecule has 3 unspecified atom stereocenters. The van der Waals surface area contributed by atoms with Crippen molar-refractivity contribution in [2.45, 2.75) is 31.7 Å². The monoisotopic (exact) mass is 348 g/mol. The number of anilines is 1. The summed E-state index contributed by atoms with van der Waals surface area (Å²) in [5.74, 6) is 0.908. The van der Waals surface area contributed by atoms with Gasteiger partial charge in [0.25, 0.3) is 5.91 Å². The molecule has 3 N–H and O–H groups in total. The number of rotatable bonds is 4. The molecule has 26 heavy (non-hydrogen) atoms. The Morgan fingerprint density at radius 3 is 2.88 bits per heavy atom. The average molecular weight is 348 g/mol. The second-order valence-electron chi connectivity index (χ2n) is 7.09. The van der Waals surface area contributed by atoms with E-state index in [0.717, 1.165) is 24.1 Å². The van der Waals surface area contributed by atoms with Gasteiger partial charge in [0.15, 0.2) is 0 Å². The number of phenolic OH excluding ortho intramolecular Hbond substituents is 1. The zero-order chi connectivity index (χ0) is 18.1. The zero-order valence-electron chi connectivity index (χ0n) is 14.9. The summed E-state index contributed by atoms with van der Waals surface area (Å²) < 4.78 is 0. The topological polar surface area (TPSA) is 61.4 Å². The maximum atomic E-state index is 12.3. The summed E-state index contributed by atoms with van der Waals surface area (Å²) in [5, 5.41) is 16.9. The van der Waals surface area contributed by atoms with E-state index in [4.69, 9.17) is 0 Å². The van der Waals surface area contributed by atoms with Gasteiger partial charge in [-0.2, -0.15) is 0 Å². The van der Waals surface area contributed by atoms with Crippen LogP contribution in [0, 0.1) is 5.92 Å². The quantitative estimate of drug-likeness (QED) is 0.720. The Labute approximate surface area is 153 Å². The van der Waals surface area contributed by atoms with Crippen LogP contribution < -0.4 is 10.6 Å². The van der Waals surface area contributed by atoms with Gasteiger partial charge < -0.3 is 15.7 Å². The number of fused-ring (bicyclic) bond motifs is 3. The summed E-state index contributed by atoms with van der Waals surface area (Å²) in [7, 11) is 0. The van der Waals surface area contributed by atoms with Crippen molar-refractivity contribution in [1.82, 2.24) is 5.32 Å². The predicted octanol–water partition coefficient (Wildman–Crippen LogP) is 4.36. The molecule has 0 fully saturated rings. The number of benzene rings is 2. The third-order valence-electron chi connectivity index (χ3n) is 5.43. The highest BCUT2D eigenvalue weighted by Crippen LogP contribution is 2.51. The molecule has 4 nitrogen and oxygen atoms in total. The third kappa shape index (κ3) is 2.85. The highest BCUT2D eigenvalue weighted by Gasteiger charge is 2.38. The zero-order valence-corrected chi connectivity index (χ0v) is 14.9. The lowest BCUT2D eigenvalue weighted by molar-refractivity contribution is 0.0953. The van der Waals surface area contributed by atoms with Crippen molar-refractivity contribution in [3.8, 4) is 5.75 Å². The number of carbonyl (C=O) groups excluding carboxylic acids is 1. The van der Waals surface area contributed by atoms with Crippen LogP contribution in [0.4, 0.5) is 5.69 Å². The van der Waals surface area contributed by atoms with Crippen LogP contribution in [0.2, 0.25) is 0 Å². The Balaban J connectivity index is 1.69. The molecule has 2 aliphatic rings. The number of allylic oxidation sites excluding steroid dienone is 2. The number of carbonyl (C=O) groups is 1. The molecule has 2 aromatic rings. The Kier molecular flexibility index (Phi) is 4.41. The van der Waals surface area contributed by atoms with Gasteiger partial charge in [-0.3, -0.25) is 4.79 Å². The van der Waals surface area contributed by atoms with Gasteiger partial charge >= 0.3 is 0 Å². The van der Waals surface area contributed by atoms with E-state index in [2.05, 4.69) is 22.8 Å². The van der Waals surface area contributed by atoms with Crippen LogP contribution in [0.3, 0.4) is 0 Å². The number of hydrogen-bond donors (Lipinski definition) is 3. The molecular formula is C22H24N2O2. The van der Waals surface area contributed by atoms with Crippen molar-refractivity contribution in [1.29, 1.82) is 0 Å². The maximum Gasteiger partial charge on any atom is 0.251 e. The summed E-state index contributed by atoms with van der Waals surface area (Å²) in [6.07, 6.45) is 6.34. The SMILES string of the molecule is CCCNC(=O)c1ccc2c(c1)C1C=CCC1C(c1ccccc1O)N2. The highest BCUT2D eigenvalue weighted by atomic mass is 16.3. The summed E-state index contributed by atoms with van der Waals surface area (Å²) in [4.78, 5) is 12.3. The number of phenols is 1. The fraction of sp³-hybridized carbons (Fsp3) is 0.318. The van der Waals surface area contributed by atoms with Gasteiger partial charge in [-0.15, -0.1) is 0 Å². The largest absolute Gasteiger partial charge is 0.508 e. The van der Waals surface area contributed by atoms with Gasteiger partial charge in [0.2, 0.25) is 0 Å². The first-order valence-corrected chi connectivity index (χ1v) is 9.32. The number of amides is 1. The maximum absolute atomic E-state index is 12.3. The lowest BCUT2D eigenvalue weighted by Gasteiger charge is -2.37. The number of para-hydroxylation sites is 1. The van der Waals surface area contributed by atoms with Crippen LogP contribution in [0.25, 0.3) is 0 Å². The van der Waals surface area contributed by atoms with E-state index in [1.165, 1.54) is 5.56 Å². The molecule has 0 radical (unpaired) electrons. The summed E-state index contributed by atoms with van der Waals surface area (Å²) in [6, 6.07) is 13.5. The standard InChI is InChI=1S/C22H24N2O2/c1-2-12-23-22(26)14-10-11-19-18(13-14)15-7-5-8-16(15)21(24-19)17-6-3-4-9-20(17)25/h3-7,9-11,13,15-16,21,24-25H,2,8,12H2,1H3,(H,23,26). The molecule has 4 heteroatoms. The van der Waals surface area contributed by atoms with Gasteiger partial charge in [0, 0.05) is 29.3 Å². The van der Waals surface area contributed by atoms with E-state index in [1.807, 2.05) is 43.3 Å². The highest BCUT2D eigenvalue weighted by molar-refractivity contribution is 5.95. The van der Waals surface area contributed by atoms with Crippen LogP contribution in [0.5, 0.6) is 5.75 Å². The van der Waals surface area contributed by atoms with Gasteiger partial charge in [-0.25, -0.2) is 0 Å². The molecular weight excluding hydrogens is 324 g/mol. The van der Waals surface area contributed by atoms with E-state index in [9.17, 15) is 9.90 Å². The van der Waals surface area contributed by atoms with Crippen LogP contribution in [-0.4, -0.2) is 17.6 Å². The summed E-state index contributed by atoms with van der Waals surface area (Å²) in [6.45, 7) is 2.74. The number of aromatic hydroxyl groups is 1. The molecule has 2 aromatic carbocycles. The van der Waals surface area contributed by atoms with Crippen LogP contribution in [0.1, 0.15) is 53.2 Å². The molecule has 4 rings (SSSR count). The molecule has 0 saturated carbocycles. The lowest BCUT2D eigenvalue weighted by Crippen LogP contribution is -2.30. The molecule has 0 aromatic heterocycles. The van der Waals surface area contributed by atoms with Gasteiger partial charge in [0.05, 0.1) is 6.04 Å². The Hall–Kier alpha value is -2.75. The normalized spacial score (nSPS) is 23.0. The van der Waals surface area contributed by atoms with Crippen molar-refractivity contribution >= 4 is 11.6 Å². The second kappa shape index (κ2) is 6.87. The Morgan fingerprint density at radius 2 is 2.08 bits per heavy atom. The molecule has 134 valence electrons. The van der Waals surface area contributed by atoms with Crippen LogP contribution in [0.15, 0.2) is 54.6 Å². The third-order valence-corrected chi connectivity index (χ3v) is 5.43. The smallest absolute Gasteiger partial charge is 0.251 e. The Bertz CT molecular complexity index is 859. The fourth-order valence-electron chi connectivity index (χ4n) is 4.13. The molecule has 0 spiro atoms.